The fourth-order valence-electron chi connectivity index (χ4n) is 2.80. The number of carbonyl (C=O) groups is 1. The number of hydrogen-bond acceptors (Lipinski definition) is 2. The monoisotopic (exact) mass is 350 g/mol. The van der Waals surface area contributed by atoms with Gasteiger partial charge in [0.1, 0.15) is 5.75 Å². The zero-order valence-electron chi connectivity index (χ0n) is 13.3. The first-order chi connectivity index (χ1) is 12.2. The van der Waals surface area contributed by atoms with Crippen LogP contribution in [0.5, 0.6) is 5.75 Å². The van der Waals surface area contributed by atoms with Crippen molar-refractivity contribution in [2.75, 3.05) is 11.9 Å². The minimum Gasteiger partial charge on any atom is -0.484 e. The molecule has 0 saturated heterocycles. The highest BCUT2D eigenvalue weighted by Crippen LogP contribution is 2.27. The van der Waals surface area contributed by atoms with Crippen molar-refractivity contribution in [1.82, 2.24) is 4.98 Å². The number of aromatic amines is 1. The van der Waals surface area contributed by atoms with Crippen molar-refractivity contribution in [3.63, 3.8) is 0 Å². The van der Waals surface area contributed by atoms with E-state index in [2.05, 4.69) is 16.4 Å². The molecule has 5 heteroatoms. The van der Waals surface area contributed by atoms with E-state index in [1.165, 1.54) is 0 Å². The molecule has 3 aromatic carbocycles. The predicted octanol–water partition coefficient (Wildman–Crippen LogP) is 4.99. The van der Waals surface area contributed by atoms with E-state index in [9.17, 15) is 4.79 Å². The SMILES string of the molecule is O=C(COc1ccc(Cl)cc1)Nc1ccc2[nH]c3ccccc3c2c1. The van der Waals surface area contributed by atoms with E-state index in [1.807, 2.05) is 36.4 Å². The second kappa shape index (κ2) is 6.49. The van der Waals surface area contributed by atoms with Crippen LogP contribution in [0.2, 0.25) is 5.02 Å². The lowest BCUT2D eigenvalue weighted by molar-refractivity contribution is -0.118. The maximum Gasteiger partial charge on any atom is 0.262 e. The van der Waals surface area contributed by atoms with Gasteiger partial charge in [0.15, 0.2) is 6.61 Å². The van der Waals surface area contributed by atoms with Crippen LogP contribution in [0.1, 0.15) is 0 Å². The van der Waals surface area contributed by atoms with Crippen molar-refractivity contribution in [3.05, 3.63) is 71.8 Å². The number of H-pyrrole nitrogens is 1. The number of fused-ring (bicyclic) bond motifs is 3. The number of anilines is 1. The molecule has 0 aliphatic carbocycles. The minimum atomic E-state index is -0.214. The standard InChI is InChI=1S/C20H15ClN2O2/c21-13-5-8-15(9-6-13)25-12-20(24)22-14-7-10-19-17(11-14)16-3-1-2-4-18(16)23-19/h1-11,23H,12H2,(H,22,24). The first-order valence-corrected chi connectivity index (χ1v) is 8.25. The molecule has 0 fully saturated rings. The molecule has 1 heterocycles. The summed E-state index contributed by atoms with van der Waals surface area (Å²) in [5.74, 6) is 0.390. The van der Waals surface area contributed by atoms with E-state index in [0.29, 0.717) is 10.8 Å². The summed E-state index contributed by atoms with van der Waals surface area (Å²) in [5.41, 5.74) is 2.85. The highest BCUT2D eigenvalue weighted by Gasteiger charge is 2.07. The smallest absolute Gasteiger partial charge is 0.262 e. The number of benzene rings is 3. The second-order valence-corrected chi connectivity index (χ2v) is 6.16. The van der Waals surface area contributed by atoms with E-state index in [1.54, 1.807) is 24.3 Å². The van der Waals surface area contributed by atoms with Crippen LogP contribution in [-0.4, -0.2) is 17.5 Å². The number of ether oxygens (including phenoxy) is 1. The average Bonchev–Trinajstić information content (AvgIpc) is 2.99. The molecule has 0 spiro atoms. The Hall–Kier alpha value is -2.98. The number of rotatable bonds is 4. The molecule has 25 heavy (non-hydrogen) atoms. The predicted molar refractivity (Wildman–Crippen MR) is 101 cm³/mol. The fourth-order valence-corrected chi connectivity index (χ4v) is 2.93. The molecule has 4 nitrogen and oxygen atoms in total. The zero-order chi connectivity index (χ0) is 17.2. The van der Waals surface area contributed by atoms with Gasteiger partial charge in [0.2, 0.25) is 0 Å². The van der Waals surface area contributed by atoms with Crippen LogP contribution in [0.4, 0.5) is 5.69 Å². The number of carbonyl (C=O) groups excluding carboxylic acids is 1. The summed E-state index contributed by atoms with van der Waals surface area (Å²) in [7, 11) is 0. The van der Waals surface area contributed by atoms with Crippen molar-refractivity contribution < 1.29 is 9.53 Å². The van der Waals surface area contributed by atoms with Crippen LogP contribution in [0.3, 0.4) is 0 Å². The van der Waals surface area contributed by atoms with Crippen LogP contribution in [0.25, 0.3) is 21.8 Å². The molecule has 1 aromatic heterocycles. The van der Waals surface area contributed by atoms with Gasteiger partial charge in [-0.15, -0.1) is 0 Å². The number of hydrogen-bond donors (Lipinski definition) is 2. The third-order valence-electron chi connectivity index (χ3n) is 3.97. The quantitative estimate of drug-likeness (QED) is 0.544. The van der Waals surface area contributed by atoms with Gasteiger partial charge in [-0.3, -0.25) is 4.79 Å². The van der Waals surface area contributed by atoms with Gasteiger partial charge in [0.05, 0.1) is 0 Å². The number of amides is 1. The molecule has 0 aliphatic rings. The van der Waals surface area contributed by atoms with Gasteiger partial charge in [-0.2, -0.15) is 0 Å². The van der Waals surface area contributed by atoms with E-state index < -0.39 is 0 Å². The van der Waals surface area contributed by atoms with Crippen molar-refractivity contribution in [2.24, 2.45) is 0 Å². The van der Waals surface area contributed by atoms with Crippen LogP contribution < -0.4 is 10.1 Å². The highest BCUT2D eigenvalue weighted by atomic mass is 35.5. The fraction of sp³-hybridized carbons (Fsp3) is 0.0500. The van der Waals surface area contributed by atoms with Crippen molar-refractivity contribution in [3.8, 4) is 5.75 Å². The maximum atomic E-state index is 12.1. The molecular weight excluding hydrogens is 336 g/mol. The van der Waals surface area contributed by atoms with Crippen molar-refractivity contribution in [1.29, 1.82) is 0 Å². The van der Waals surface area contributed by atoms with Crippen LogP contribution in [-0.2, 0) is 4.79 Å². The summed E-state index contributed by atoms with van der Waals surface area (Å²) in [5, 5.41) is 5.70. The largest absolute Gasteiger partial charge is 0.484 e. The molecule has 0 radical (unpaired) electrons. The number of halogens is 1. The Balaban J connectivity index is 1.49. The summed E-state index contributed by atoms with van der Waals surface area (Å²) in [4.78, 5) is 15.5. The van der Waals surface area contributed by atoms with Gasteiger partial charge >= 0.3 is 0 Å². The maximum absolute atomic E-state index is 12.1. The number of nitrogens with one attached hydrogen (secondary N) is 2. The lowest BCUT2D eigenvalue weighted by Crippen LogP contribution is -2.20. The third kappa shape index (κ3) is 3.30. The van der Waals surface area contributed by atoms with E-state index in [0.717, 1.165) is 27.5 Å². The van der Waals surface area contributed by atoms with Crippen molar-refractivity contribution >= 4 is 45.0 Å². The number of para-hydroxylation sites is 1. The summed E-state index contributed by atoms with van der Waals surface area (Å²) >= 11 is 5.82. The molecule has 0 bridgehead atoms. The Morgan fingerprint density at radius 1 is 0.960 bits per heavy atom. The first-order valence-electron chi connectivity index (χ1n) is 7.88. The molecule has 1 amide bonds. The Bertz CT molecular complexity index is 1050. The summed E-state index contributed by atoms with van der Waals surface area (Å²) in [6.07, 6.45) is 0. The van der Waals surface area contributed by atoms with Crippen molar-refractivity contribution in [2.45, 2.75) is 0 Å². The molecule has 0 aliphatic heterocycles. The summed E-state index contributed by atoms with van der Waals surface area (Å²) < 4.78 is 5.46. The van der Waals surface area contributed by atoms with Crippen LogP contribution in [0.15, 0.2) is 66.7 Å². The van der Waals surface area contributed by atoms with Gasteiger partial charge in [-0.1, -0.05) is 29.8 Å². The normalized spacial score (nSPS) is 10.9. The lowest BCUT2D eigenvalue weighted by atomic mass is 10.1. The average molecular weight is 351 g/mol. The highest BCUT2D eigenvalue weighted by molar-refractivity contribution is 6.30. The molecule has 0 unspecified atom stereocenters. The lowest BCUT2D eigenvalue weighted by Gasteiger charge is -2.08. The first kappa shape index (κ1) is 15.5. The Morgan fingerprint density at radius 3 is 2.56 bits per heavy atom. The zero-order valence-corrected chi connectivity index (χ0v) is 14.0. The van der Waals surface area contributed by atoms with Crippen LogP contribution in [0, 0.1) is 0 Å². The topological polar surface area (TPSA) is 54.1 Å². The molecule has 4 rings (SSSR count). The van der Waals surface area contributed by atoms with E-state index in [-0.39, 0.29) is 12.5 Å². The van der Waals surface area contributed by atoms with E-state index >= 15 is 0 Å². The Kier molecular flexibility index (Phi) is 4.04. The third-order valence-corrected chi connectivity index (χ3v) is 4.23. The van der Waals surface area contributed by atoms with Crippen LogP contribution >= 0.6 is 11.6 Å². The molecular formula is C20H15ClN2O2. The second-order valence-electron chi connectivity index (χ2n) is 5.72. The summed E-state index contributed by atoms with van der Waals surface area (Å²) in [6, 6.07) is 20.8. The minimum absolute atomic E-state index is 0.0620. The number of aromatic nitrogens is 1. The summed E-state index contributed by atoms with van der Waals surface area (Å²) in [6.45, 7) is -0.0620. The molecule has 0 saturated carbocycles. The molecule has 124 valence electrons. The molecule has 0 atom stereocenters. The van der Waals surface area contributed by atoms with Gasteiger partial charge in [0, 0.05) is 32.5 Å². The Labute approximate surface area is 149 Å². The van der Waals surface area contributed by atoms with Gasteiger partial charge < -0.3 is 15.0 Å². The van der Waals surface area contributed by atoms with E-state index in [4.69, 9.17) is 16.3 Å². The van der Waals surface area contributed by atoms with Gasteiger partial charge in [0.25, 0.3) is 5.91 Å². The van der Waals surface area contributed by atoms with Gasteiger partial charge in [-0.25, -0.2) is 0 Å². The Morgan fingerprint density at radius 2 is 1.72 bits per heavy atom. The molecule has 2 N–H and O–H groups in total. The van der Waals surface area contributed by atoms with Gasteiger partial charge in [-0.05, 0) is 48.5 Å². The molecule has 4 aromatic rings.